The predicted molar refractivity (Wildman–Crippen MR) is 87.6 cm³/mol. The summed E-state index contributed by atoms with van der Waals surface area (Å²) in [4.78, 5) is 12.1. The molecule has 5 heteroatoms. The van der Waals surface area contributed by atoms with Gasteiger partial charge in [0.25, 0.3) is 5.91 Å². The number of anilines is 1. The minimum Gasteiger partial charge on any atom is -0.483 e. The van der Waals surface area contributed by atoms with Gasteiger partial charge in [-0.1, -0.05) is 36.5 Å². The van der Waals surface area contributed by atoms with Crippen molar-refractivity contribution >= 4 is 28.8 Å². The zero-order valence-electron chi connectivity index (χ0n) is 11.6. The van der Waals surface area contributed by atoms with Crippen LogP contribution in [0.15, 0.2) is 48.5 Å². The molecule has 108 valence electrons. The van der Waals surface area contributed by atoms with E-state index < -0.39 is 0 Å². The molecule has 0 atom stereocenters. The summed E-state index contributed by atoms with van der Waals surface area (Å²) in [6.45, 7) is 1.86. The second kappa shape index (κ2) is 6.85. The molecule has 0 saturated heterocycles. The molecule has 2 aromatic rings. The summed E-state index contributed by atoms with van der Waals surface area (Å²) in [5.41, 5.74) is 8.05. The van der Waals surface area contributed by atoms with Crippen LogP contribution in [0.1, 0.15) is 11.1 Å². The second-order valence-electron chi connectivity index (χ2n) is 4.57. The van der Waals surface area contributed by atoms with Gasteiger partial charge in [0.2, 0.25) is 0 Å². The third kappa shape index (κ3) is 4.29. The predicted octanol–water partition coefficient (Wildman–Crippen LogP) is 2.65. The lowest BCUT2D eigenvalue weighted by Gasteiger charge is -2.11. The molecule has 4 nitrogen and oxygen atoms in total. The number of hydrogen-bond acceptors (Lipinski definition) is 3. The molecule has 0 fully saturated rings. The average molecular weight is 300 g/mol. The number of rotatable bonds is 5. The van der Waals surface area contributed by atoms with Gasteiger partial charge in [0.15, 0.2) is 6.61 Å². The molecular formula is C16H16N2O2S. The SMILES string of the molecule is Cc1cccc(NC(=O)COc2ccccc2C(N)=S)c1. The summed E-state index contributed by atoms with van der Waals surface area (Å²) in [7, 11) is 0. The van der Waals surface area contributed by atoms with E-state index in [1.165, 1.54) is 0 Å². The molecule has 0 radical (unpaired) electrons. The number of aryl methyl sites for hydroxylation is 1. The molecule has 0 spiro atoms. The van der Waals surface area contributed by atoms with E-state index in [2.05, 4.69) is 5.32 Å². The lowest BCUT2D eigenvalue weighted by Crippen LogP contribution is -2.21. The molecule has 0 aliphatic heterocycles. The molecule has 21 heavy (non-hydrogen) atoms. The Bertz CT molecular complexity index is 671. The number of thiocarbonyl (C=S) groups is 1. The zero-order chi connectivity index (χ0) is 15.2. The number of carbonyl (C=O) groups is 1. The Balaban J connectivity index is 1.97. The van der Waals surface area contributed by atoms with Crippen LogP contribution in [0.5, 0.6) is 5.75 Å². The van der Waals surface area contributed by atoms with Crippen molar-refractivity contribution in [2.45, 2.75) is 6.92 Å². The molecule has 0 aliphatic carbocycles. The standard InChI is InChI=1S/C16H16N2O2S/c1-11-5-4-6-12(9-11)18-15(19)10-20-14-8-3-2-7-13(14)16(17)21/h2-9H,10H2,1H3,(H2,17,21)(H,18,19). The molecule has 0 aromatic heterocycles. The minimum absolute atomic E-state index is 0.104. The van der Waals surface area contributed by atoms with E-state index in [9.17, 15) is 4.79 Å². The molecule has 3 N–H and O–H groups in total. The summed E-state index contributed by atoms with van der Waals surface area (Å²) < 4.78 is 5.48. The van der Waals surface area contributed by atoms with E-state index in [1.807, 2.05) is 37.3 Å². The number of ether oxygens (including phenoxy) is 1. The van der Waals surface area contributed by atoms with E-state index in [4.69, 9.17) is 22.7 Å². The Kier molecular flexibility index (Phi) is 4.90. The van der Waals surface area contributed by atoms with E-state index >= 15 is 0 Å². The Morgan fingerprint density at radius 1 is 1.24 bits per heavy atom. The van der Waals surface area contributed by atoms with Gasteiger partial charge in [0.05, 0.1) is 5.56 Å². The lowest BCUT2D eigenvalue weighted by atomic mass is 10.2. The number of carbonyl (C=O) groups excluding carboxylic acids is 1. The fourth-order valence-corrected chi connectivity index (χ4v) is 2.03. The van der Waals surface area contributed by atoms with Crippen LogP contribution >= 0.6 is 12.2 Å². The number of hydrogen-bond donors (Lipinski definition) is 2. The molecule has 0 bridgehead atoms. The fourth-order valence-electron chi connectivity index (χ4n) is 1.86. The molecule has 0 saturated carbocycles. The highest BCUT2D eigenvalue weighted by Gasteiger charge is 2.08. The first-order valence-electron chi connectivity index (χ1n) is 6.44. The summed E-state index contributed by atoms with van der Waals surface area (Å²) in [5.74, 6) is 0.266. The Morgan fingerprint density at radius 2 is 2.00 bits per heavy atom. The van der Waals surface area contributed by atoms with Crippen LogP contribution in [-0.2, 0) is 4.79 Å². The monoisotopic (exact) mass is 300 g/mol. The van der Waals surface area contributed by atoms with E-state index in [0.717, 1.165) is 11.3 Å². The first kappa shape index (κ1) is 15.0. The van der Waals surface area contributed by atoms with Gasteiger partial charge in [-0.25, -0.2) is 0 Å². The summed E-state index contributed by atoms with van der Waals surface area (Å²) in [6, 6.07) is 14.7. The van der Waals surface area contributed by atoms with Crippen LogP contribution < -0.4 is 15.8 Å². The number of nitrogens with one attached hydrogen (secondary N) is 1. The van der Waals surface area contributed by atoms with Crippen molar-refractivity contribution < 1.29 is 9.53 Å². The second-order valence-corrected chi connectivity index (χ2v) is 5.01. The average Bonchev–Trinajstić information content (AvgIpc) is 2.45. The van der Waals surface area contributed by atoms with Crippen molar-refractivity contribution in [3.05, 3.63) is 59.7 Å². The smallest absolute Gasteiger partial charge is 0.262 e. The number of para-hydroxylation sites is 1. The molecule has 1 amide bonds. The van der Waals surface area contributed by atoms with Crippen LogP contribution in [-0.4, -0.2) is 17.5 Å². The summed E-state index contributed by atoms with van der Waals surface area (Å²) >= 11 is 4.95. The van der Waals surface area contributed by atoms with Crippen molar-refractivity contribution in [1.82, 2.24) is 0 Å². The first-order chi connectivity index (χ1) is 10.1. The third-order valence-electron chi connectivity index (χ3n) is 2.81. The van der Waals surface area contributed by atoms with Gasteiger partial charge < -0.3 is 15.8 Å². The van der Waals surface area contributed by atoms with E-state index in [-0.39, 0.29) is 17.5 Å². The van der Waals surface area contributed by atoms with Crippen LogP contribution in [0.4, 0.5) is 5.69 Å². The highest BCUT2D eigenvalue weighted by molar-refractivity contribution is 7.80. The van der Waals surface area contributed by atoms with Gasteiger partial charge in [-0.2, -0.15) is 0 Å². The summed E-state index contributed by atoms with van der Waals surface area (Å²) in [5, 5.41) is 2.77. The van der Waals surface area contributed by atoms with Gasteiger partial charge in [0, 0.05) is 5.69 Å². The van der Waals surface area contributed by atoms with Gasteiger partial charge >= 0.3 is 0 Å². The van der Waals surface area contributed by atoms with Gasteiger partial charge in [-0.05, 0) is 36.8 Å². The maximum Gasteiger partial charge on any atom is 0.262 e. The van der Waals surface area contributed by atoms with Crippen LogP contribution in [0, 0.1) is 6.92 Å². The highest BCUT2D eigenvalue weighted by atomic mass is 32.1. The van der Waals surface area contributed by atoms with Crippen molar-refractivity contribution in [3.8, 4) is 5.75 Å². The highest BCUT2D eigenvalue weighted by Crippen LogP contribution is 2.17. The summed E-state index contributed by atoms with van der Waals surface area (Å²) in [6.07, 6.45) is 0. The van der Waals surface area contributed by atoms with Gasteiger partial charge in [-0.15, -0.1) is 0 Å². The van der Waals surface area contributed by atoms with E-state index in [1.54, 1.807) is 18.2 Å². The lowest BCUT2D eigenvalue weighted by molar-refractivity contribution is -0.118. The maximum absolute atomic E-state index is 11.9. The van der Waals surface area contributed by atoms with E-state index in [0.29, 0.717) is 11.3 Å². The van der Waals surface area contributed by atoms with Gasteiger partial charge in [-0.3, -0.25) is 4.79 Å². The van der Waals surface area contributed by atoms with Crippen LogP contribution in [0.25, 0.3) is 0 Å². The molecule has 2 aromatic carbocycles. The number of nitrogens with two attached hydrogens (primary N) is 1. The Morgan fingerprint density at radius 3 is 2.71 bits per heavy atom. The Hall–Kier alpha value is -2.40. The fraction of sp³-hybridized carbons (Fsp3) is 0.125. The van der Waals surface area contributed by atoms with Gasteiger partial charge in [0.1, 0.15) is 10.7 Å². The quantitative estimate of drug-likeness (QED) is 0.833. The molecule has 2 rings (SSSR count). The molecule has 0 heterocycles. The van der Waals surface area contributed by atoms with Crippen molar-refractivity contribution in [1.29, 1.82) is 0 Å². The van der Waals surface area contributed by atoms with Crippen LogP contribution in [0.2, 0.25) is 0 Å². The molecule has 0 unspecified atom stereocenters. The molecular weight excluding hydrogens is 284 g/mol. The third-order valence-corrected chi connectivity index (χ3v) is 3.03. The van der Waals surface area contributed by atoms with Crippen molar-refractivity contribution in [2.24, 2.45) is 5.73 Å². The topological polar surface area (TPSA) is 64.3 Å². The first-order valence-corrected chi connectivity index (χ1v) is 6.85. The van der Waals surface area contributed by atoms with Crippen molar-refractivity contribution in [3.63, 3.8) is 0 Å². The largest absolute Gasteiger partial charge is 0.483 e. The van der Waals surface area contributed by atoms with Crippen LogP contribution in [0.3, 0.4) is 0 Å². The normalized spacial score (nSPS) is 9.95. The number of benzene rings is 2. The maximum atomic E-state index is 11.9. The number of amides is 1. The molecule has 0 aliphatic rings. The Labute approximate surface area is 128 Å². The zero-order valence-corrected chi connectivity index (χ0v) is 12.4. The minimum atomic E-state index is -0.238. The van der Waals surface area contributed by atoms with Crippen molar-refractivity contribution in [2.75, 3.05) is 11.9 Å².